The molecule has 3 aromatic heterocycles. The molecule has 5 N–H and O–H groups in total. The fraction of sp³-hybridized carbons (Fsp3) is 0.368. The van der Waals surface area contributed by atoms with E-state index in [0.717, 1.165) is 35.5 Å². The zero-order valence-corrected chi connectivity index (χ0v) is 16.5. The first kappa shape index (κ1) is 18.8. The Kier molecular flexibility index (Phi) is 4.60. The van der Waals surface area contributed by atoms with Gasteiger partial charge in [-0.25, -0.2) is 4.98 Å². The van der Waals surface area contributed by atoms with Crippen molar-refractivity contribution in [3.05, 3.63) is 29.6 Å². The van der Waals surface area contributed by atoms with Crippen molar-refractivity contribution in [3.63, 3.8) is 0 Å². The van der Waals surface area contributed by atoms with Gasteiger partial charge in [-0.2, -0.15) is 15.2 Å². The predicted molar refractivity (Wildman–Crippen MR) is 111 cm³/mol. The number of hydrogen-bond donors (Lipinski definition) is 3. The topological polar surface area (TPSA) is 144 Å². The molecule has 0 aliphatic carbocycles. The zero-order chi connectivity index (χ0) is 20.7. The molecule has 1 saturated heterocycles. The van der Waals surface area contributed by atoms with Crippen molar-refractivity contribution in [2.24, 2.45) is 7.05 Å². The standard InChI is InChI=1S/C19H23N9O/c1-10(23-18-12(7-20)17(21)25-19(22)26-18)16-15(28-8-11(9-28)29-3)6-14-13(24-16)4-5-27(14)2/h4-6,10-11H,8-9H2,1-3H3,(H5,21,22,23,25,26). The van der Waals surface area contributed by atoms with Gasteiger partial charge in [-0.3, -0.25) is 0 Å². The van der Waals surface area contributed by atoms with Crippen LogP contribution in [0.2, 0.25) is 0 Å². The molecule has 29 heavy (non-hydrogen) atoms. The van der Waals surface area contributed by atoms with Crippen molar-refractivity contribution >= 4 is 34.3 Å². The number of rotatable bonds is 5. The number of methoxy groups -OCH3 is 1. The van der Waals surface area contributed by atoms with Crippen LogP contribution in [-0.4, -0.2) is 45.8 Å². The van der Waals surface area contributed by atoms with Crippen molar-refractivity contribution in [2.75, 3.05) is 41.9 Å². The summed E-state index contributed by atoms with van der Waals surface area (Å²) in [6.45, 7) is 3.55. The lowest BCUT2D eigenvalue weighted by molar-refractivity contribution is 0.0786. The summed E-state index contributed by atoms with van der Waals surface area (Å²) in [4.78, 5) is 15.1. The van der Waals surface area contributed by atoms with Crippen molar-refractivity contribution in [2.45, 2.75) is 19.1 Å². The minimum absolute atomic E-state index is 0.00794. The van der Waals surface area contributed by atoms with Gasteiger partial charge >= 0.3 is 0 Å². The van der Waals surface area contributed by atoms with Crippen molar-refractivity contribution in [3.8, 4) is 6.07 Å². The van der Waals surface area contributed by atoms with Gasteiger partial charge < -0.3 is 31.0 Å². The highest BCUT2D eigenvalue weighted by Crippen LogP contribution is 2.34. The van der Waals surface area contributed by atoms with E-state index < -0.39 is 0 Å². The second-order valence-electron chi connectivity index (χ2n) is 7.15. The first-order valence-electron chi connectivity index (χ1n) is 9.24. The Bertz CT molecular complexity index is 1110. The molecule has 10 nitrogen and oxygen atoms in total. The zero-order valence-electron chi connectivity index (χ0n) is 16.5. The predicted octanol–water partition coefficient (Wildman–Crippen LogP) is 1.41. The number of fused-ring (bicyclic) bond motifs is 1. The normalized spacial score (nSPS) is 15.2. The highest BCUT2D eigenvalue weighted by molar-refractivity contribution is 5.81. The molecule has 4 rings (SSSR count). The molecule has 1 atom stereocenters. The number of nitrogens with two attached hydrogens (primary N) is 2. The molecule has 3 aromatic rings. The molecule has 1 unspecified atom stereocenters. The smallest absolute Gasteiger partial charge is 0.224 e. The maximum absolute atomic E-state index is 9.43. The molecule has 150 valence electrons. The van der Waals surface area contributed by atoms with Gasteiger partial charge in [0.1, 0.15) is 17.5 Å². The number of nitrogens with zero attached hydrogens (tertiary/aromatic N) is 6. The summed E-state index contributed by atoms with van der Waals surface area (Å²) in [6, 6.07) is 5.89. The van der Waals surface area contributed by atoms with Crippen molar-refractivity contribution < 1.29 is 4.74 Å². The number of anilines is 4. The summed E-state index contributed by atoms with van der Waals surface area (Å²) < 4.78 is 7.47. The van der Waals surface area contributed by atoms with Crippen LogP contribution in [0.4, 0.5) is 23.3 Å². The summed E-state index contributed by atoms with van der Waals surface area (Å²) in [5, 5.41) is 12.7. The maximum atomic E-state index is 9.43. The average molecular weight is 393 g/mol. The maximum Gasteiger partial charge on any atom is 0.224 e. The summed E-state index contributed by atoms with van der Waals surface area (Å²) >= 11 is 0. The highest BCUT2D eigenvalue weighted by Gasteiger charge is 2.30. The van der Waals surface area contributed by atoms with Crippen molar-refractivity contribution in [1.82, 2.24) is 19.5 Å². The SMILES string of the molecule is COC1CN(c2cc3c(ccn3C)nc2C(C)Nc2nc(N)nc(N)c2C#N)C1. The van der Waals surface area contributed by atoms with Crippen LogP contribution in [-0.2, 0) is 11.8 Å². The van der Waals surface area contributed by atoms with E-state index in [4.69, 9.17) is 21.2 Å². The van der Waals surface area contributed by atoms with Crippen LogP contribution in [0.3, 0.4) is 0 Å². The first-order chi connectivity index (χ1) is 13.9. The number of hydrogen-bond acceptors (Lipinski definition) is 9. The van der Waals surface area contributed by atoms with E-state index in [1.165, 1.54) is 0 Å². The molecule has 0 bridgehead atoms. The minimum atomic E-state index is -0.253. The third-order valence-electron chi connectivity index (χ3n) is 5.23. The van der Waals surface area contributed by atoms with Gasteiger partial charge in [-0.15, -0.1) is 0 Å². The molecule has 4 heterocycles. The molecule has 10 heteroatoms. The second-order valence-corrected chi connectivity index (χ2v) is 7.15. The Morgan fingerprint density at radius 2 is 2.07 bits per heavy atom. The molecule has 0 radical (unpaired) electrons. The Morgan fingerprint density at radius 1 is 1.31 bits per heavy atom. The second kappa shape index (κ2) is 7.10. The average Bonchev–Trinajstić information content (AvgIpc) is 3.00. The van der Waals surface area contributed by atoms with Crippen LogP contribution in [0.1, 0.15) is 24.2 Å². The van der Waals surface area contributed by atoms with Crippen LogP contribution in [0.5, 0.6) is 0 Å². The molecule has 0 spiro atoms. The largest absolute Gasteiger partial charge is 0.382 e. The van der Waals surface area contributed by atoms with Crippen LogP contribution < -0.4 is 21.7 Å². The minimum Gasteiger partial charge on any atom is -0.382 e. The molecule has 1 fully saturated rings. The molecule has 0 saturated carbocycles. The van der Waals surface area contributed by atoms with Gasteiger partial charge in [-0.05, 0) is 19.1 Å². The number of pyridine rings is 1. The monoisotopic (exact) mass is 393 g/mol. The quantitative estimate of drug-likeness (QED) is 0.586. The summed E-state index contributed by atoms with van der Waals surface area (Å²) in [6.07, 6.45) is 2.19. The van der Waals surface area contributed by atoms with Gasteiger partial charge in [0.15, 0.2) is 5.82 Å². The van der Waals surface area contributed by atoms with Crippen LogP contribution in [0.15, 0.2) is 18.3 Å². The molecular formula is C19H23N9O. The highest BCUT2D eigenvalue weighted by atomic mass is 16.5. The van der Waals surface area contributed by atoms with Gasteiger partial charge in [0, 0.05) is 33.4 Å². The number of aromatic nitrogens is 4. The Balaban J connectivity index is 1.74. The number of nitriles is 1. The van der Waals surface area contributed by atoms with Gasteiger partial charge in [0.05, 0.1) is 34.6 Å². The third-order valence-corrected chi connectivity index (χ3v) is 5.23. The molecule has 1 aliphatic heterocycles. The number of aryl methyl sites for hydroxylation is 1. The van der Waals surface area contributed by atoms with Crippen molar-refractivity contribution in [1.29, 1.82) is 5.26 Å². The summed E-state index contributed by atoms with van der Waals surface area (Å²) in [5.41, 5.74) is 15.5. The molecular weight excluding hydrogens is 370 g/mol. The summed E-state index contributed by atoms with van der Waals surface area (Å²) in [7, 11) is 3.72. The molecule has 0 aromatic carbocycles. The van der Waals surface area contributed by atoms with E-state index in [-0.39, 0.29) is 29.5 Å². The lowest BCUT2D eigenvalue weighted by atomic mass is 10.1. The van der Waals surface area contributed by atoms with E-state index in [9.17, 15) is 5.26 Å². The number of nitrogen functional groups attached to an aromatic ring is 2. The summed E-state index contributed by atoms with van der Waals surface area (Å²) in [5.74, 6) is 0.352. The molecule has 0 amide bonds. The first-order valence-corrected chi connectivity index (χ1v) is 9.24. The Hall–Kier alpha value is -3.58. The third kappa shape index (κ3) is 3.25. The fourth-order valence-electron chi connectivity index (χ4n) is 3.53. The van der Waals surface area contributed by atoms with E-state index in [0.29, 0.717) is 5.82 Å². The van der Waals surface area contributed by atoms with Gasteiger partial charge in [-0.1, -0.05) is 0 Å². The van der Waals surface area contributed by atoms with E-state index in [1.54, 1.807) is 7.11 Å². The lowest BCUT2D eigenvalue weighted by Gasteiger charge is -2.41. The Labute approximate surface area is 168 Å². The van der Waals surface area contributed by atoms with Crippen LogP contribution in [0, 0.1) is 11.3 Å². The van der Waals surface area contributed by atoms with Crippen LogP contribution >= 0.6 is 0 Å². The molecule has 1 aliphatic rings. The van der Waals surface area contributed by atoms with E-state index in [1.807, 2.05) is 36.9 Å². The lowest BCUT2D eigenvalue weighted by Crippen LogP contribution is -2.52. The Morgan fingerprint density at radius 3 is 2.76 bits per heavy atom. The fourth-order valence-corrected chi connectivity index (χ4v) is 3.53. The van der Waals surface area contributed by atoms with E-state index >= 15 is 0 Å². The van der Waals surface area contributed by atoms with Gasteiger partial charge in [0.25, 0.3) is 0 Å². The van der Waals surface area contributed by atoms with Gasteiger partial charge in [0.2, 0.25) is 5.95 Å². The van der Waals surface area contributed by atoms with Crippen LogP contribution in [0.25, 0.3) is 11.0 Å². The number of nitrogens with one attached hydrogen (secondary N) is 1. The van der Waals surface area contributed by atoms with E-state index in [2.05, 4.69) is 26.3 Å². The number of ether oxygens (including phenoxy) is 1.